The van der Waals surface area contributed by atoms with Crippen LogP contribution in [0.2, 0.25) is 0 Å². The molecule has 1 aromatic carbocycles. The van der Waals surface area contributed by atoms with E-state index in [-0.39, 0.29) is 12.5 Å². The molecule has 20 heavy (non-hydrogen) atoms. The van der Waals surface area contributed by atoms with Crippen LogP contribution in [0.3, 0.4) is 0 Å². The molecule has 0 radical (unpaired) electrons. The normalized spacial score (nSPS) is 9.75. The Morgan fingerprint density at radius 1 is 1.55 bits per heavy atom. The van der Waals surface area contributed by atoms with Gasteiger partial charge < -0.3 is 15.0 Å². The Morgan fingerprint density at radius 2 is 2.35 bits per heavy atom. The number of aryl methyl sites for hydroxylation is 1. The molecule has 0 fully saturated rings. The average Bonchev–Trinajstić information content (AvgIpc) is 2.85. The molecule has 0 aliphatic heterocycles. The van der Waals surface area contributed by atoms with Crippen LogP contribution in [0.5, 0.6) is 0 Å². The predicted molar refractivity (Wildman–Crippen MR) is 71.5 cm³/mol. The molecule has 102 valence electrons. The van der Waals surface area contributed by atoms with Crippen LogP contribution < -0.4 is 5.32 Å². The highest BCUT2D eigenvalue weighted by atomic mass is 19.1. The highest BCUT2D eigenvalue weighted by molar-refractivity contribution is 6.03. The van der Waals surface area contributed by atoms with Crippen LogP contribution in [-0.4, -0.2) is 27.2 Å². The number of halogens is 1. The number of imidazole rings is 1. The van der Waals surface area contributed by atoms with Gasteiger partial charge in [-0.05, 0) is 18.2 Å². The summed E-state index contributed by atoms with van der Waals surface area (Å²) in [5, 5.41) is 11.3. The van der Waals surface area contributed by atoms with Crippen molar-refractivity contribution in [2.45, 2.75) is 0 Å². The minimum absolute atomic E-state index is 0.301. The number of amides is 1. The number of carbonyl (C=O) groups is 1. The summed E-state index contributed by atoms with van der Waals surface area (Å²) in [6.45, 7) is -0.342. The molecule has 0 saturated carbocycles. The summed E-state index contributed by atoms with van der Waals surface area (Å²) >= 11 is 0. The molecular formula is C14H12FN3O2. The van der Waals surface area contributed by atoms with Gasteiger partial charge in [-0.3, -0.25) is 4.79 Å². The zero-order valence-corrected chi connectivity index (χ0v) is 10.7. The van der Waals surface area contributed by atoms with E-state index in [0.29, 0.717) is 16.9 Å². The van der Waals surface area contributed by atoms with Gasteiger partial charge in [0.2, 0.25) is 0 Å². The van der Waals surface area contributed by atoms with E-state index in [4.69, 9.17) is 5.11 Å². The van der Waals surface area contributed by atoms with Crippen molar-refractivity contribution in [3.63, 3.8) is 0 Å². The van der Waals surface area contributed by atoms with E-state index in [2.05, 4.69) is 22.1 Å². The first-order chi connectivity index (χ1) is 9.61. The largest absolute Gasteiger partial charge is 0.384 e. The number of nitrogens with zero attached hydrogens (tertiary/aromatic N) is 2. The van der Waals surface area contributed by atoms with E-state index < -0.39 is 5.82 Å². The number of benzene rings is 1. The van der Waals surface area contributed by atoms with Crippen LogP contribution in [-0.2, 0) is 7.05 Å². The Hall–Kier alpha value is -2.65. The van der Waals surface area contributed by atoms with Crippen molar-refractivity contribution in [3.8, 4) is 11.8 Å². The first kappa shape index (κ1) is 13.8. The summed E-state index contributed by atoms with van der Waals surface area (Å²) in [6, 6.07) is 3.84. The third-order valence-electron chi connectivity index (χ3n) is 2.58. The maximum absolute atomic E-state index is 13.2. The molecule has 1 amide bonds. The number of aromatic nitrogens is 2. The highest BCUT2D eigenvalue weighted by Gasteiger charge is 2.12. The number of hydrogen-bond acceptors (Lipinski definition) is 3. The molecule has 2 rings (SSSR count). The zero-order valence-electron chi connectivity index (χ0n) is 10.7. The van der Waals surface area contributed by atoms with Crippen molar-refractivity contribution in [2.75, 3.05) is 11.9 Å². The molecule has 2 N–H and O–H groups in total. The number of carbonyl (C=O) groups excluding carboxylic acids is 1. The minimum Gasteiger partial charge on any atom is -0.384 e. The van der Waals surface area contributed by atoms with Crippen LogP contribution in [0.1, 0.15) is 16.1 Å². The maximum Gasteiger partial charge on any atom is 0.273 e. The zero-order chi connectivity index (χ0) is 14.5. The van der Waals surface area contributed by atoms with Crippen molar-refractivity contribution < 1.29 is 14.3 Å². The smallest absolute Gasteiger partial charge is 0.273 e. The summed E-state index contributed by atoms with van der Waals surface area (Å²) < 4.78 is 14.8. The van der Waals surface area contributed by atoms with Gasteiger partial charge in [0.1, 0.15) is 18.1 Å². The Labute approximate surface area is 115 Å². The van der Waals surface area contributed by atoms with E-state index in [1.807, 2.05) is 0 Å². The quantitative estimate of drug-likeness (QED) is 0.807. The van der Waals surface area contributed by atoms with E-state index >= 15 is 0 Å². The standard InChI is InChI=1S/C14H12FN3O2/c1-18-9-16-8-13(18)14(20)17-12-5-4-11(15)7-10(12)3-2-6-19/h4-5,7-9,19H,6H2,1H3,(H,17,20). The van der Waals surface area contributed by atoms with Gasteiger partial charge in [0.25, 0.3) is 5.91 Å². The summed E-state index contributed by atoms with van der Waals surface area (Å²) in [5.74, 6) is 4.17. The van der Waals surface area contributed by atoms with Crippen molar-refractivity contribution in [1.82, 2.24) is 9.55 Å². The lowest BCUT2D eigenvalue weighted by Gasteiger charge is -2.08. The van der Waals surface area contributed by atoms with Crippen molar-refractivity contribution in [1.29, 1.82) is 0 Å². The Bertz CT molecular complexity index is 698. The molecule has 1 heterocycles. The molecule has 5 nitrogen and oxygen atoms in total. The van der Waals surface area contributed by atoms with Gasteiger partial charge in [0, 0.05) is 7.05 Å². The Balaban J connectivity index is 2.29. The van der Waals surface area contributed by atoms with E-state index in [9.17, 15) is 9.18 Å². The molecule has 0 bridgehead atoms. The number of rotatable bonds is 2. The first-order valence-corrected chi connectivity index (χ1v) is 5.79. The number of anilines is 1. The average molecular weight is 273 g/mol. The van der Waals surface area contributed by atoms with Crippen molar-refractivity contribution in [3.05, 3.63) is 47.8 Å². The Kier molecular flexibility index (Phi) is 4.13. The molecule has 0 aliphatic rings. The van der Waals surface area contributed by atoms with Gasteiger partial charge in [-0.1, -0.05) is 11.8 Å². The third-order valence-corrected chi connectivity index (χ3v) is 2.58. The molecule has 0 atom stereocenters. The number of nitrogens with one attached hydrogen (secondary N) is 1. The van der Waals surface area contributed by atoms with Crippen LogP contribution in [0.25, 0.3) is 0 Å². The monoisotopic (exact) mass is 273 g/mol. The molecule has 0 unspecified atom stereocenters. The summed E-state index contributed by atoms with van der Waals surface area (Å²) in [4.78, 5) is 15.9. The first-order valence-electron chi connectivity index (χ1n) is 5.79. The van der Waals surface area contributed by atoms with E-state index in [1.54, 1.807) is 11.6 Å². The molecule has 0 saturated heterocycles. The second-order valence-corrected chi connectivity index (χ2v) is 3.99. The van der Waals surface area contributed by atoms with Crippen molar-refractivity contribution >= 4 is 11.6 Å². The Morgan fingerprint density at radius 3 is 3.00 bits per heavy atom. The lowest BCUT2D eigenvalue weighted by Crippen LogP contribution is -2.16. The summed E-state index contributed by atoms with van der Waals surface area (Å²) in [7, 11) is 1.69. The van der Waals surface area contributed by atoms with Crippen molar-refractivity contribution in [2.24, 2.45) is 7.05 Å². The van der Waals surface area contributed by atoms with Gasteiger partial charge in [-0.25, -0.2) is 9.37 Å². The topological polar surface area (TPSA) is 67.2 Å². The number of aliphatic hydroxyl groups is 1. The van der Waals surface area contributed by atoms with Crippen LogP contribution in [0.15, 0.2) is 30.7 Å². The van der Waals surface area contributed by atoms with Gasteiger partial charge in [0.05, 0.1) is 23.8 Å². The van der Waals surface area contributed by atoms with Crippen LogP contribution in [0, 0.1) is 17.7 Å². The number of aliphatic hydroxyl groups excluding tert-OH is 1. The second-order valence-electron chi connectivity index (χ2n) is 3.99. The fourth-order valence-corrected chi connectivity index (χ4v) is 1.63. The fourth-order valence-electron chi connectivity index (χ4n) is 1.63. The fraction of sp³-hybridized carbons (Fsp3) is 0.143. The molecule has 2 aromatic rings. The molecule has 0 aliphatic carbocycles. The lowest BCUT2D eigenvalue weighted by molar-refractivity contribution is 0.101. The molecule has 6 heteroatoms. The molecule has 1 aromatic heterocycles. The maximum atomic E-state index is 13.2. The third kappa shape index (κ3) is 3.02. The summed E-state index contributed by atoms with van der Waals surface area (Å²) in [6.07, 6.45) is 2.93. The second kappa shape index (κ2) is 5.99. The van der Waals surface area contributed by atoms with Gasteiger partial charge >= 0.3 is 0 Å². The highest BCUT2D eigenvalue weighted by Crippen LogP contribution is 2.17. The van der Waals surface area contributed by atoms with Gasteiger partial charge in [-0.2, -0.15) is 0 Å². The SMILES string of the molecule is Cn1cncc1C(=O)Nc1ccc(F)cc1C#CCO. The van der Waals surface area contributed by atoms with E-state index in [1.165, 1.54) is 30.7 Å². The predicted octanol–water partition coefficient (Wildman–Crippen LogP) is 1.16. The summed E-state index contributed by atoms with van der Waals surface area (Å²) in [5.41, 5.74) is 1.04. The molecular weight excluding hydrogens is 261 g/mol. The number of hydrogen-bond donors (Lipinski definition) is 2. The lowest BCUT2D eigenvalue weighted by atomic mass is 10.1. The van der Waals surface area contributed by atoms with E-state index in [0.717, 1.165) is 0 Å². The molecule has 0 spiro atoms. The van der Waals surface area contributed by atoms with Gasteiger partial charge in [-0.15, -0.1) is 0 Å². The van der Waals surface area contributed by atoms with Crippen LogP contribution >= 0.6 is 0 Å². The minimum atomic E-state index is -0.467. The van der Waals surface area contributed by atoms with Gasteiger partial charge in [0.15, 0.2) is 0 Å². The van der Waals surface area contributed by atoms with Crippen LogP contribution in [0.4, 0.5) is 10.1 Å².